The molecule has 0 amide bonds. The maximum absolute atomic E-state index is 14.7. The van der Waals surface area contributed by atoms with Crippen molar-refractivity contribution in [1.29, 1.82) is 0 Å². The predicted molar refractivity (Wildman–Crippen MR) is 119 cm³/mol. The van der Waals surface area contributed by atoms with E-state index < -0.39 is 17.5 Å². The van der Waals surface area contributed by atoms with E-state index in [9.17, 15) is 13.2 Å². The van der Waals surface area contributed by atoms with Crippen molar-refractivity contribution >= 4 is 0 Å². The van der Waals surface area contributed by atoms with Gasteiger partial charge in [0.05, 0.1) is 11.1 Å². The van der Waals surface area contributed by atoms with Crippen molar-refractivity contribution in [3.05, 3.63) is 82.2 Å². The van der Waals surface area contributed by atoms with Gasteiger partial charge in [0, 0.05) is 0 Å². The van der Waals surface area contributed by atoms with Crippen LogP contribution in [0.2, 0.25) is 0 Å². The standard InChI is InChI=1S/C28H29F3/c1-3-4-19-6-8-23-16-24(14-13-22(23)15-19)25-12-10-20(26(29)17-25)9-11-21-7-5-18(2)27(30)28(21)31/h3-5,7,10,12,17,19,22-24H,6,8,13-16H2,1-2H3/b4-3+. The zero-order valence-corrected chi connectivity index (χ0v) is 18.2. The Bertz CT molecular complexity index is 1040. The minimum absolute atomic E-state index is 0.0570. The Labute approximate surface area is 183 Å². The lowest BCUT2D eigenvalue weighted by Crippen LogP contribution is -2.30. The summed E-state index contributed by atoms with van der Waals surface area (Å²) in [5.41, 5.74) is 1.41. The molecule has 0 aliphatic heterocycles. The second-order valence-corrected chi connectivity index (χ2v) is 9.18. The minimum atomic E-state index is -0.981. The van der Waals surface area contributed by atoms with Crippen LogP contribution in [0.15, 0.2) is 42.5 Å². The fraction of sp³-hybridized carbons (Fsp3) is 0.429. The van der Waals surface area contributed by atoms with E-state index in [1.165, 1.54) is 44.7 Å². The average molecular weight is 423 g/mol. The van der Waals surface area contributed by atoms with Gasteiger partial charge in [0.15, 0.2) is 11.6 Å². The molecular weight excluding hydrogens is 393 g/mol. The van der Waals surface area contributed by atoms with Crippen LogP contribution in [-0.4, -0.2) is 0 Å². The first-order valence-corrected chi connectivity index (χ1v) is 11.3. The molecule has 0 radical (unpaired) electrons. The highest BCUT2D eigenvalue weighted by atomic mass is 19.2. The largest absolute Gasteiger partial charge is 0.206 e. The van der Waals surface area contributed by atoms with Crippen molar-refractivity contribution in [2.24, 2.45) is 17.8 Å². The highest BCUT2D eigenvalue weighted by Gasteiger charge is 2.35. The summed E-state index contributed by atoms with van der Waals surface area (Å²) in [6.45, 7) is 3.59. The molecule has 2 aromatic carbocycles. The lowest BCUT2D eigenvalue weighted by Gasteiger charge is -2.41. The van der Waals surface area contributed by atoms with Crippen molar-refractivity contribution in [3.8, 4) is 11.8 Å². The Morgan fingerprint density at radius 2 is 1.55 bits per heavy atom. The van der Waals surface area contributed by atoms with Gasteiger partial charge in [0.1, 0.15) is 5.82 Å². The van der Waals surface area contributed by atoms with Gasteiger partial charge in [0.25, 0.3) is 0 Å². The molecule has 0 saturated heterocycles. The summed E-state index contributed by atoms with van der Waals surface area (Å²) in [5.74, 6) is 5.62. The van der Waals surface area contributed by atoms with Crippen molar-refractivity contribution in [2.75, 3.05) is 0 Å². The van der Waals surface area contributed by atoms with E-state index in [4.69, 9.17) is 0 Å². The Hall–Kier alpha value is -2.47. The maximum Gasteiger partial charge on any atom is 0.174 e. The van der Waals surface area contributed by atoms with Crippen LogP contribution in [0.5, 0.6) is 0 Å². The summed E-state index contributed by atoms with van der Waals surface area (Å²) in [5, 5.41) is 0. The second-order valence-electron chi connectivity index (χ2n) is 9.18. The smallest absolute Gasteiger partial charge is 0.174 e. The molecule has 2 aliphatic rings. The zero-order valence-electron chi connectivity index (χ0n) is 18.2. The first-order valence-electron chi connectivity index (χ1n) is 11.3. The lowest BCUT2D eigenvalue weighted by molar-refractivity contribution is 0.133. The van der Waals surface area contributed by atoms with Gasteiger partial charge in [-0.15, -0.1) is 0 Å². The Balaban J connectivity index is 1.46. The molecule has 162 valence electrons. The lowest BCUT2D eigenvalue weighted by atomic mass is 9.64. The molecule has 0 nitrogen and oxygen atoms in total. The van der Waals surface area contributed by atoms with Gasteiger partial charge < -0.3 is 0 Å². The fourth-order valence-corrected chi connectivity index (χ4v) is 5.44. The summed E-state index contributed by atoms with van der Waals surface area (Å²) >= 11 is 0. The van der Waals surface area contributed by atoms with Gasteiger partial charge in [-0.25, -0.2) is 13.2 Å². The first kappa shape index (κ1) is 21.8. The Morgan fingerprint density at radius 1 is 0.839 bits per heavy atom. The third kappa shape index (κ3) is 4.74. The van der Waals surface area contributed by atoms with Crippen LogP contribution in [0.4, 0.5) is 13.2 Å². The van der Waals surface area contributed by atoms with Gasteiger partial charge in [-0.05, 0) is 105 Å². The summed E-state index contributed by atoms with van der Waals surface area (Å²) in [7, 11) is 0. The topological polar surface area (TPSA) is 0 Å². The Morgan fingerprint density at radius 3 is 2.32 bits per heavy atom. The maximum atomic E-state index is 14.7. The van der Waals surface area contributed by atoms with Gasteiger partial charge in [-0.2, -0.15) is 0 Å². The Kier molecular flexibility index (Phi) is 6.56. The molecule has 31 heavy (non-hydrogen) atoms. The molecule has 0 N–H and O–H groups in total. The SMILES string of the molecule is C/C=C/C1CCC2CC(c3ccc(C#Cc4ccc(C)c(F)c4F)c(F)c3)CCC2C1. The molecule has 0 spiro atoms. The minimum Gasteiger partial charge on any atom is -0.206 e. The van der Waals surface area contributed by atoms with Crippen LogP contribution in [0.3, 0.4) is 0 Å². The molecule has 4 rings (SSSR count). The van der Waals surface area contributed by atoms with Gasteiger partial charge in [0.2, 0.25) is 0 Å². The van der Waals surface area contributed by atoms with Gasteiger partial charge in [-0.3, -0.25) is 0 Å². The quantitative estimate of drug-likeness (QED) is 0.344. The predicted octanol–water partition coefficient (Wildman–Crippen LogP) is 7.69. The van der Waals surface area contributed by atoms with Crippen molar-refractivity contribution in [2.45, 2.75) is 58.3 Å². The highest BCUT2D eigenvalue weighted by Crippen LogP contribution is 2.47. The zero-order chi connectivity index (χ0) is 22.0. The number of allylic oxidation sites excluding steroid dienone is 2. The van der Waals surface area contributed by atoms with Gasteiger partial charge in [-0.1, -0.05) is 36.1 Å². The van der Waals surface area contributed by atoms with E-state index in [0.717, 1.165) is 36.2 Å². The van der Waals surface area contributed by atoms with Gasteiger partial charge >= 0.3 is 0 Å². The molecule has 2 fully saturated rings. The average Bonchev–Trinajstić information content (AvgIpc) is 2.77. The van der Waals surface area contributed by atoms with Crippen molar-refractivity contribution in [3.63, 3.8) is 0 Å². The number of benzene rings is 2. The number of rotatable bonds is 2. The molecule has 4 unspecified atom stereocenters. The second kappa shape index (κ2) is 9.35. The van der Waals surface area contributed by atoms with Crippen LogP contribution in [0.1, 0.15) is 73.6 Å². The van der Waals surface area contributed by atoms with E-state index in [2.05, 4.69) is 30.9 Å². The van der Waals surface area contributed by atoms with Crippen molar-refractivity contribution in [1.82, 2.24) is 0 Å². The third-order valence-electron chi connectivity index (χ3n) is 7.19. The monoisotopic (exact) mass is 422 g/mol. The highest BCUT2D eigenvalue weighted by molar-refractivity contribution is 5.46. The summed E-state index contributed by atoms with van der Waals surface area (Å²) in [6, 6.07) is 8.12. The van der Waals surface area contributed by atoms with E-state index in [1.807, 2.05) is 6.07 Å². The van der Waals surface area contributed by atoms with E-state index >= 15 is 0 Å². The number of hydrogen-bond donors (Lipinski definition) is 0. The fourth-order valence-electron chi connectivity index (χ4n) is 5.44. The summed E-state index contributed by atoms with van der Waals surface area (Å²) in [6.07, 6.45) is 11.8. The molecule has 2 aliphatic carbocycles. The molecule has 2 aromatic rings. The molecule has 3 heteroatoms. The van der Waals surface area contributed by atoms with Crippen LogP contribution >= 0.6 is 0 Å². The molecular formula is C28H29F3. The number of aryl methyl sites for hydroxylation is 1. The number of fused-ring (bicyclic) bond motifs is 1. The van der Waals surface area contributed by atoms with E-state index in [-0.39, 0.29) is 16.7 Å². The molecule has 0 bridgehead atoms. The normalized spacial score (nSPS) is 25.7. The van der Waals surface area contributed by atoms with Crippen LogP contribution in [0, 0.1) is 54.0 Å². The molecule has 2 saturated carbocycles. The molecule has 0 heterocycles. The van der Waals surface area contributed by atoms with Crippen LogP contribution in [0.25, 0.3) is 0 Å². The molecule has 0 aromatic heterocycles. The van der Waals surface area contributed by atoms with E-state index in [1.54, 1.807) is 12.1 Å². The number of halogens is 3. The first-order chi connectivity index (χ1) is 15.0. The summed E-state index contributed by atoms with van der Waals surface area (Å²) < 4.78 is 42.5. The number of hydrogen-bond acceptors (Lipinski definition) is 0. The molecule has 4 atom stereocenters. The van der Waals surface area contributed by atoms with E-state index in [0.29, 0.717) is 5.92 Å². The summed E-state index contributed by atoms with van der Waals surface area (Å²) in [4.78, 5) is 0. The van der Waals surface area contributed by atoms with Crippen LogP contribution in [-0.2, 0) is 0 Å². The third-order valence-corrected chi connectivity index (χ3v) is 7.19. The van der Waals surface area contributed by atoms with Crippen LogP contribution < -0.4 is 0 Å². The van der Waals surface area contributed by atoms with Crippen molar-refractivity contribution < 1.29 is 13.2 Å².